The summed E-state index contributed by atoms with van der Waals surface area (Å²) in [6.07, 6.45) is -0.355. The van der Waals surface area contributed by atoms with Crippen molar-refractivity contribution >= 4 is 15.9 Å². The van der Waals surface area contributed by atoms with E-state index < -0.39 is 28.3 Å². The van der Waals surface area contributed by atoms with Crippen molar-refractivity contribution in [2.75, 3.05) is 46.1 Å². The maximum absolute atomic E-state index is 13.6. The molecule has 0 unspecified atom stereocenters. The molecule has 1 N–H and O–H groups in total. The number of carbonyl (C=O) groups is 1. The second-order valence-corrected chi connectivity index (χ2v) is 10.5. The molecule has 1 aromatic rings. The number of rotatable bonds is 4. The number of β-amino-alcohol motifs (C(OH)–C–C–N with tert-alkyl or cyclic N) is 1. The highest BCUT2D eigenvalue weighted by molar-refractivity contribution is 7.89. The van der Waals surface area contributed by atoms with Gasteiger partial charge >= 0.3 is 0 Å². The number of carbonyl (C=O) groups excluding carboxylic acids is 1. The van der Waals surface area contributed by atoms with Gasteiger partial charge in [-0.25, -0.2) is 8.42 Å². The van der Waals surface area contributed by atoms with Crippen LogP contribution in [0.4, 0.5) is 0 Å². The Morgan fingerprint density at radius 1 is 1.12 bits per heavy atom. The molecule has 0 bridgehead atoms. The molecular formula is C22H32N2O7S. The summed E-state index contributed by atoms with van der Waals surface area (Å²) in [6, 6.07) is 6.39. The standard InChI is InChI=1S/C22H32N2O7S/c1-16-4-2-3-5-21(16)32(27,28)24-13-17(25)14-30-15-20-19(24)7-6-18(31-20)12-22(26)23-8-10-29-11-9-23/h2-5,17-20,25H,6-15H2,1H3/t17-,18-,19-,20+/m1/s1. The van der Waals surface area contributed by atoms with Crippen LogP contribution in [0.5, 0.6) is 0 Å². The van der Waals surface area contributed by atoms with E-state index in [9.17, 15) is 18.3 Å². The molecule has 4 atom stereocenters. The molecule has 4 rings (SSSR count). The highest BCUT2D eigenvalue weighted by Crippen LogP contribution is 2.32. The number of amides is 1. The molecule has 178 valence electrons. The Hall–Kier alpha value is -1.56. The van der Waals surface area contributed by atoms with Crippen molar-refractivity contribution in [3.05, 3.63) is 29.8 Å². The number of hydrogen-bond acceptors (Lipinski definition) is 7. The second-order valence-electron chi connectivity index (χ2n) is 8.67. The Morgan fingerprint density at radius 2 is 1.88 bits per heavy atom. The largest absolute Gasteiger partial charge is 0.389 e. The fraction of sp³-hybridized carbons (Fsp3) is 0.682. The predicted octanol–water partition coefficient (Wildman–Crippen LogP) is 0.542. The summed E-state index contributed by atoms with van der Waals surface area (Å²) in [4.78, 5) is 14.7. The lowest BCUT2D eigenvalue weighted by Gasteiger charge is -2.44. The van der Waals surface area contributed by atoms with Crippen LogP contribution in [-0.2, 0) is 29.0 Å². The number of benzene rings is 1. The van der Waals surface area contributed by atoms with Gasteiger partial charge in [-0.15, -0.1) is 0 Å². The van der Waals surface area contributed by atoms with Gasteiger partial charge in [0, 0.05) is 19.6 Å². The van der Waals surface area contributed by atoms with Crippen LogP contribution in [0.1, 0.15) is 24.8 Å². The smallest absolute Gasteiger partial charge is 0.243 e. The molecule has 3 saturated heterocycles. The van der Waals surface area contributed by atoms with Gasteiger partial charge in [-0.1, -0.05) is 18.2 Å². The van der Waals surface area contributed by atoms with Crippen molar-refractivity contribution in [1.29, 1.82) is 0 Å². The van der Waals surface area contributed by atoms with Crippen molar-refractivity contribution in [1.82, 2.24) is 9.21 Å². The van der Waals surface area contributed by atoms with Crippen LogP contribution in [0, 0.1) is 6.92 Å². The molecule has 10 heteroatoms. The molecule has 3 aliphatic rings. The monoisotopic (exact) mass is 468 g/mol. The molecular weight excluding hydrogens is 436 g/mol. The lowest BCUT2D eigenvalue weighted by molar-refractivity contribution is -0.153. The average molecular weight is 469 g/mol. The summed E-state index contributed by atoms with van der Waals surface area (Å²) >= 11 is 0. The first-order valence-electron chi connectivity index (χ1n) is 11.2. The summed E-state index contributed by atoms with van der Waals surface area (Å²) in [7, 11) is -3.84. The molecule has 3 fully saturated rings. The normalized spacial score (nSPS) is 30.2. The molecule has 3 heterocycles. The Balaban J connectivity index is 1.51. The summed E-state index contributed by atoms with van der Waals surface area (Å²) < 4.78 is 45.7. The molecule has 0 aliphatic carbocycles. The molecule has 0 spiro atoms. The van der Waals surface area contributed by atoms with E-state index >= 15 is 0 Å². The average Bonchev–Trinajstić information content (AvgIpc) is 2.77. The number of aliphatic hydroxyl groups excluding tert-OH is 1. The molecule has 0 aromatic heterocycles. The van der Waals surface area contributed by atoms with Crippen molar-refractivity contribution in [3.8, 4) is 0 Å². The van der Waals surface area contributed by atoms with Crippen LogP contribution in [0.15, 0.2) is 29.2 Å². The van der Waals surface area contributed by atoms with Crippen LogP contribution in [0.3, 0.4) is 0 Å². The van der Waals surface area contributed by atoms with E-state index in [2.05, 4.69) is 0 Å². The van der Waals surface area contributed by atoms with Gasteiger partial charge in [0.1, 0.15) is 0 Å². The van der Waals surface area contributed by atoms with E-state index in [1.165, 1.54) is 4.31 Å². The fourth-order valence-electron chi connectivity index (χ4n) is 4.68. The first-order chi connectivity index (χ1) is 15.4. The van der Waals surface area contributed by atoms with Gasteiger partial charge in [0.05, 0.1) is 62.1 Å². The molecule has 9 nitrogen and oxygen atoms in total. The van der Waals surface area contributed by atoms with Crippen LogP contribution in [0.25, 0.3) is 0 Å². The van der Waals surface area contributed by atoms with E-state index in [1.54, 1.807) is 36.1 Å². The molecule has 0 radical (unpaired) electrons. The first kappa shape index (κ1) is 23.6. The molecule has 1 aromatic carbocycles. The zero-order valence-electron chi connectivity index (χ0n) is 18.4. The van der Waals surface area contributed by atoms with Gasteiger partial charge in [-0.2, -0.15) is 4.31 Å². The van der Waals surface area contributed by atoms with Gasteiger partial charge in [0.2, 0.25) is 15.9 Å². The van der Waals surface area contributed by atoms with Gasteiger partial charge in [0.15, 0.2) is 0 Å². The van der Waals surface area contributed by atoms with Gasteiger partial charge < -0.3 is 24.2 Å². The summed E-state index contributed by atoms with van der Waals surface area (Å²) in [5, 5.41) is 10.3. The van der Waals surface area contributed by atoms with Gasteiger partial charge in [-0.3, -0.25) is 4.79 Å². The maximum Gasteiger partial charge on any atom is 0.243 e. The van der Waals surface area contributed by atoms with Crippen molar-refractivity contribution in [3.63, 3.8) is 0 Å². The lowest BCUT2D eigenvalue weighted by atomic mass is 9.96. The maximum atomic E-state index is 13.6. The van der Waals surface area contributed by atoms with E-state index in [0.717, 1.165) is 0 Å². The minimum atomic E-state index is -3.84. The number of fused-ring (bicyclic) bond motifs is 1. The van der Waals surface area contributed by atoms with E-state index in [1.807, 2.05) is 0 Å². The minimum Gasteiger partial charge on any atom is -0.389 e. The number of ether oxygens (including phenoxy) is 3. The summed E-state index contributed by atoms with van der Waals surface area (Å²) in [5.74, 6) is 0.0309. The lowest BCUT2D eigenvalue weighted by Crippen LogP contribution is -2.57. The topological polar surface area (TPSA) is 106 Å². The zero-order valence-corrected chi connectivity index (χ0v) is 19.2. The van der Waals surface area contributed by atoms with E-state index in [-0.39, 0.29) is 43.1 Å². The molecule has 32 heavy (non-hydrogen) atoms. The fourth-order valence-corrected chi connectivity index (χ4v) is 6.62. The van der Waals surface area contributed by atoms with E-state index in [4.69, 9.17) is 14.2 Å². The van der Waals surface area contributed by atoms with Crippen LogP contribution in [-0.4, -0.2) is 99.1 Å². The van der Waals surface area contributed by atoms with Crippen molar-refractivity contribution < 1.29 is 32.5 Å². The van der Waals surface area contributed by atoms with Gasteiger partial charge in [-0.05, 0) is 31.4 Å². The zero-order chi connectivity index (χ0) is 22.7. The first-order valence-corrected chi connectivity index (χ1v) is 12.6. The number of aliphatic hydroxyl groups is 1. The highest BCUT2D eigenvalue weighted by Gasteiger charge is 2.43. The summed E-state index contributed by atoms with van der Waals surface area (Å²) in [5.41, 5.74) is 0.655. The van der Waals surface area contributed by atoms with Crippen LogP contribution >= 0.6 is 0 Å². The predicted molar refractivity (Wildman–Crippen MR) is 116 cm³/mol. The third-order valence-electron chi connectivity index (χ3n) is 6.38. The Labute approximate surface area is 189 Å². The van der Waals surface area contributed by atoms with Crippen molar-refractivity contribution in [2.24, 2.45) is 0 Å². The quantitative estimate of drug-likeness (QED) is 0.688. The molecule has 0 saturated carbocycles. The summed E-state index contributed by atoms with van der Waals surface area (Å²) in [6.45, 7) is 4.17. The number of aryl methyl sites for hydroxylation is 1. The Kier molecular flexibility index (Phi) is 7.48. The third kappa shape index (κ3) is 5.16. The Morgan fingerprint density at radius 3 is 2.62 bits per heavy atom. The van der Waals surface area contributed by atoms with Crippen molar-refractivity contribution in [2.45, 2.75) is 55.4 Å². The van der Waals surface area contributed by atoms with E-state index in [0.29, 0.717) is 44.7 Å². The van der Waals surface area contributed by atoms with Crippen LogP contribution < -0.4 is 0 Å². The minimum absolute atomic E-state index is 0.0309. The number of morpholine rings is 1. The number of hydrogen-bond donors (Lipinski definition) is 1. The molecule has 3 aliphatic heterocycles. The molecule has 1 amide bonds. The highest BCUT2D eigenvalue weighted by atomic mass is 32.2. The number of nitrogens with zero attached hydrogens (tertiary/aromatic N) is 2. The second kappa shape index (κ2) is 10.1. The SMILES string of the molecule is Cc1ccccc1S(=O)(=O)N1C[C@@H](O)COC[C@@H]2O[C@@H](CC(=O)N3CCOCC3)CC[C@H]21. The van der Waals surface area contributed by atoms with Crippen LogP contribution in [0.2, 0.25) is 0 Å². The third-order valence-corrected chi connectivity index (χ3v) is 8.43. The number of sulfonamides is 1. The Bertz CT molecular complexity index is 903. The van der Waals surface area contributed by atoms with Gasteiger partial charge in [0.25, 0.3) is 0 Å².